The Morgan fingerprint density at radius 1 is 1.25 bits per heavy atom. The fraction of sp³-hybridized carbons (Fsp3) is 0.167. The van der Waals surface area contributed by atoms with Crippen LogP contribution in [0.2, 0.25) is 0 Å². The van der Waals surface area contributed by atoms with Crippen LogP contribution >= 0.6 is 0 Å². The normalized spacial score (nSPS) is 11.0. The van der Waals surface area contributed by atoms with E-state index in [1.54, 1.807) is 17.1 Å². The van der Waals surface area contributed by atoms with Crippen LogP contribution in [0.4, 0.5) is 0 Å². The molecule has 0 aliphatic heterocycles. The number of aromatic nitrogens is 2. The van der Waals surface area contributed by atoms with Crippen molar-refractivity contribution >= 4 is 23.2 Å². The second kappa shape index (κ2) is 7.41. The number of benzene rings is 2. The van der Waals surface area contributed by atoms with Gasteiger partial charge in [-0.25, -0.2) is 10.4 Å². The predicted molar refractivity (Wildman–Crippen MR) is 93.1 cm³/mol. The average molecular weight is 322 g/mol. The van der Waals surface area contributed by atoms with Crippen molar-refractivity contribution in [3.8, 4) is 5.75 Å². The van der Waals surface area contributed by atoms with E-state index in [-0.39, 0.29) is 12.5 Å². The van der Waals surface area contributed by atoms with Crippen LogP contribution in [0, 0.1) is 0 Å². The minimum absolute atomic E-state index is 0.168. The number of amides is 1. The molecular formula is C18H18N4O2. The minimum atomic E-state index is -0.208. The maximum absolute atomic E-state index is 12.0. The minimum Gasteiger partial charge on any atom is -0.494 e. The largest absolute Gasteiger partial charge is 0.494 e. The van der Waals surface area contributed by atoms with Gasteiger partial charge in [0.05, 0.1) is 30.2 Å². The number of para-hydroxylation sites is 2. The lowest BCUT2D eigenvalue weighted by atomic mass is 10.2. The number of imidazole rings is 1. The van der Waals surface area contributed by atoms with Crippen LogP contribution < -0.4 is 10.2 Å². The molecular weight excluding hydrogens is 304 g/mol. The Hall–Kier alpha value is -3.15. The van der Waals surface area contributed by atoms with Gasteiger partial charge in [0, 0.05) is 0 Å². The predicted octanol–water partition coefficient (Wildman–Crippen LogP) is 2.59. The van der Waals surface area contributed by atoms with E-state index in [0.29, 0.717) is 6.61 Å². The number of rotatable bonds is 6. The van der Waals surface area contributed by atoms with Gasteiger partial charge in [0.1, 0.15) is 12.3 Å². The highest BCUT2D eigenvalue weighted by Crippen LogP contribution is 2.12. The number of fused-ring (bicyclic) bond motifs is 1. The van der Waals surface area contributed by atoms with E-state index >= 15 is 0 Å². The van der Waals surface area contributed by atoms with Gasteiger partial charge in [-0.3, -0.25) is 4.79 Å². The molecule has 0 aliphatic carbocycles. The van der Waals surface area contributed by atoms with E-state index in [0.717, 1.165) is 22.3 Å². The molecule has 2 aromatic carbocycles. The highest BCUT2D eigenvalue weighted by molar-refractivity contribution is 5.83. The first kappa shape index (κ1) is 15.7. The lowest BCUT2D eigenvalue weighted by molar-refractivity contribution is -0.121. The zero-order valence-electron chi connectivity index (χ0n) is 13.3. The highest BCUT2D eigenvalue weighted by atomic mass is 16.5. The number of carbonyl (C=O) groups excluding carboxylic acids is 1. The van der Waals surface area contributed by atoms with Crippen molar-refractivity contribution in [2.24, 2.45) is 5.10 Å². The molecule has 1 N–H and O–H groups in total. The van der Waals surface area contributed by atoms with Gasteiger partial charge in [-0.05, 0) is 48.9 Å². The van der Waals surface area contributed by atoms with Crippen molar-refractivity contribution in [3.63, 3.8) is 0 Å². The Morgan fingerprint density at radius 2 is 2.04 bits per heavy atom. The molecule has 3 aromatic rings. The summed E-state index contributed by atoms with van der Waals surface area (Å²) in [6.07, 6.45) is 3.25. The van der Waals surface area contributed by atoms with Crippen molar-refractivity contribution in [2.45, 2.75) is 13.5 Å². The molecule has 1 amide bonds. The average Bonchev–Trinajstić information content (AvgIpc) is 3.00. The maximum atomic E-state index is 12.0. The molecule has 0 saturated carbocycles. The summed E-state index contributed by atoms with van der Waals surface area (Å²) in [5.41, 5.74) is 5.19. The molecule has 0 saturated heterocycles. The zero-order valence-corrected chi connectivity index (χ0v) is 13.3. The van der Waals surface area contributed by atoms with Crippen LogP contribution in [0.15, 0.2) is 60.0 Å². The lowest BCUT2D eigenvalue weighted by Gasteiger charge is -2.03. The molecule has 0 aliphatic rings. The number of ether oxygens (including phenoxy) is 1. The van der Waals surface area contributed by atoms with Gasteiger partial charge in [-0.2, -0.15) is 5.10 Å². The van der Waals surface area contributed by atoms with Crippen LogP contribution in [-0.2, 0) is 11.3 Å². The zero-order chi connectivity index (χ0) is 16.8. The van der Waals surface area contributed by atoms with Gasteiger partial charge >= 0.3 is 0 Å². The Morgan fingerprint density at radius 3 is 2.83 bits per heavy atom. The third-order valence-corrected chi connectivity index (χ3v) is 3.44. The van der Waals surface area contributed by atoms with E-state index in [1.807, 2.05) is 55.5 Å². The van der Waals surface area contributed by atoms with Gasteiger partial charge in [0.25, 0.3) is 5.91 Å². The Balaban J connectivity index is 1.57. The first-order valence-electron chi connectivity index (χ1n) is 7.71. The monoisotopic (exact) mass is 322 g/mol. The van der Waals surface area contributed by atoms with Crippen molar-refractivity contribution < 1.29 is 9.53 Å². The quantitative estimate of drug-likeness (QED) is 0.560. The summed E-state index contributed by atoms with van der Waals surface area (Å²) in [5, 5.41) is 3.98. The van der Waals surface area contributed by atoms with Crippen LogP contribution in [0.5, 0.6) is 5.75 Å². The molecule has 0 spiro atoms. The van der Waals surface area contributed by atoms with Crippen LogP contribution in [0.25, 0.3) is 11.0 Å². The van der Waals surface area contributed by atoms with Gasteiger partial charge in [0.15, 0.2) is 0 Å². The summed E-state index contributed by atoms with van der Waals surface area (Å²) in [6, 6.07) is 15.2. The fourth-order valence-corrected chi connectivity index (χ4v) is 2.32. The summed E-state index contributed by atoms with van der Waals surface area (Å²) in [4.78, 5) is 16.2. The van der Waals surface area contributed by atoms with Crippen LogP contribution in [0.3, 0.4) is 0 Å². The molecule has 0 unspecified atom stereocenters. The van der Waals surface area contributed by atoms with Crippen molar-refractivity contribution in [2.75, 3.05) is 6.61 Å². The van der Waals surface area contributed by atoms with Gasteiger partial charge < -0.3 is 9.30 Å². The molecule has 6 nitrogen and oxygen atoms in total. The summed E-state index contributed by atoms with van der Waals surface area (Å²) < 4.78 is 7.16. The molecule has 3 rings (SSSR count). The second-order valence-corrected chi connectivity index (χ2v) is 5.16. The van der Waals surface area contributed by atoms with E-state index in [4.69, 9.17) is 4.74 Å². The maximum Gasteiger partial charge on any atom is 0.260 e. The number of nitrogens with one attached hydrogen (secondary N) is 1. The SMILES string of the molecule is CCOc1ccc(C=NNC(=O)Cn2cnc3ccccc32)cc1. The smallest absolute Gasteiger partial charge is 0.260 e. The van der Waals surface area contributed by atoms with E-state index < -0.39 is 0 Å². The van der Waals surface area contributed by atoms with Crippen molar-refractivity contribution in [1.82, 2.24) is 15.0 Å². The summed E-state index contributed by atoms with van der Waals surface area (Å²) in [7, 11) is 0. The topological polar surface area (TPSA) is 68.5 Å². The number of nitrogens with zero attached hydrogens (tertiary/aromatic N) is 3. The van der Waals surface area contributed by atoms with Gasteiger partial charge in [0.2, 0.25) is 0 Å². The lowest BCUT2D eigenvalue weighted by Crippen LogP contribution is -2.22. The second-order valence-electron chi connectivity index (χ2n) is 5.16. The fourth-order valence-electron chi connectivity index (χ4n) is 2.32. The molecule has 24 heavy (non-hydrogen) atoms. The Labute approximate surface area is 139 Å². The molecule has 0 atom stereocenters. The summed E-state index contributed by atoms with van der Waals surface area (Å²) in [5.74, 6) is 0.603. The molecule has 1 aromatic heterocycles. The highest BCUT2D eigenvalue weighted by Gasteiger charge is 2.05. The van der Waals surface area contributed by atoms with Gasteiger partial charge in [-0.15, -0.1) is 0 Å². The summed E-state index contributed by atoms with van der Waals surface area (Å²) in [6.45, 7) is 2.74. The van der Waals surface area contributed by atoms with E-state index in [9.17, 15) is 4.79 Å². The third kappa shape index (κ3) is 3.78. The Kier molecular flexibility index (Phi) is 4.86. The van der Waals surface area contributed by atoms with E-state index in [2.05, 4.69) is 15.5 Å². The number of hydrazone groups is 1. The molecule has 1 heterocycles. The number of hydrogen-bond acceptors (Lipinski definition) is 4. The standard InChI is InChI=1S/C18H18N4O2/c1-2-24-15-9-7-14(8-10-15)11-20-21-18(23)12-22-13-19-16-5-3-4-6-17(16)22/h3-11,13H,2,12H2,1H3,(H,21,23). The molecule has 0 radical (unpaired) electrons. The van der Waals surface area contributed by atoms with E-state index in [1.165, 1.54) is 0 Å². The van der Waals surface area contributed by atoms with Crippen molar-refractivity contribution in [3.05, 3.63) is 60.4 Å². The number of hydrogen-bond donors (Lipinski definition) is 1. The molecule has 0 bridgehead atoms. The van der Waals surface area contributed by atoms with Crippen LogP contribution in [0.1, 0.15) is 12.5 Å². The first-order valence-corrected chi connectivity index (χ1v) is 7.71. The molecule has 6 heteroatoms. The summed E-state index contributed by atoms with van der Waals surface area (Å²) >= 11 is 0. The third-order valence-electron chi connectivity index (χ3n) is 3.44. The molecule has 122 valence electrons. The first-order chi connectivity index (χ1) is 11.8. The molecule has 0 fully saturated rings. The van der Waals surface area contributed by atoms with Crippen LogP contribution in [-0.4, -0.2) is 28.3 Å². The van der Waals surface area contributed by atoms with Crippen molar-refractivity contribution in [1.29, 1.82) is 0 Å². The van der Waals surface area contributed by atoms with Gasteiger partial charge in [-0.1, -0.05) is 12.1 Å². The number of carbonyl (C=O) groups is 1. The Bertz CT molecular complexity index is 853.